The second-order valence-corrected chi connectivity index (χ2v) is 7.08. The van der Waals surface area contributed by atoms with Crippen LogP contribution in [0, 0.1) is 0 Å². The van der Waals surface area contributed by atoms with Crippen LogP contribution in [0.5, 0.6) is 0 Å². The Morgan fingerprint density at radius 1 is 1.40 bits per heavy atom. The molecule has 5 heteroatoms. The maximum atomic E-state index is 12.2. The summed E-state index contributed by atoms with van der Waals surface area (Å²) in [5.74, 6) is 0. The number of halogens is 1. The molecule has 1 rings (SSSR count). The molecule has 1 atom stereocenters. The summed E-state index contributed by atoms with van der Waals surface area (Å²) in [6, 6.07) is 0. The number of alkyl halides is 1. The Bertz CT molecular complexity index is 317. The first-order valence-corrected chi connectivity index (χ1v) is 8.62. The van der Waals surface area contributed by atoms with Gasteiger partial charge in [-0.3, -0.25) is 0 Å². The molecule has 20 heavy (non-hydrogen) atoms. The molecule has 0 aromatic carbocycles. The van der Waals surface area contributed by atoms with Crippen LogP contribution in [0.3, 0.4) is 0 Å². The van der Waals surface area contributed by atoms with Crippen molar-refractivity contribution < 1.29 is 14.3 Å². The molecule has 4 nitrogen and oxygen atoms in total. The SMILES string of the molecule is CCCCOC1(CBr)CCCN(C(=O)OC(C)(C)C)C1. The minimum absolute atomic E-state index is 0.235. The molecule has 1 aliphatic rings. The molecule has 0 saturated carbocycles. The van der Waals surface area contributed by atoms with Gasteiger partial charge in [-0.2, -0.15) is 0 Å². The third-order valence-corrected chi connectivity index (χ3v) is 4.36. The van der Waals surface area contributed by atoms with Crippen LogP contribution in [-0.2, 0) is 9.47 Å². The highest BCUT2D eigenvalue weighted by Crippen LogP contribution is 2.28. The monoisotopic (exact) mass is 349 g/mol. The van der Waals surface area contributed by atoms with E-state index in [2.05, 4.69) is 22.9 Å². The van der Waals surface area contributed by atoms with Gasteiger partial charge in [0.05, 0.1) is 12.1 Å². The Labute approximate surface area is 131 Å². The van der Waals surface area contributed by atoms with Crippen LogP contribution in [0.15, 0.2) is 0 Å². The molecule has 0 bridgehead atoms. The standard InChI is InChI=1S/C15H28BrNO3/c1-5-6-10-19-15(11-16)8-7-9-17(12-15)13(18)20-14(2,3)4/h5-12H2,1-4H3. The molecule has 0 aliphatic carbocycles. The van der Waals surface area contributed by atoms with Crippen molar-refractivity contribution in [2.45, 2.75) is 64.6 Å². The fourth-order valence-electron chi connectivity index (χ4n) is 2.28. The van der Waals surface area contributed by atoms with Crippen molar-refractivity contribution in [3.8, 4) is 0 Å². The summed E-state index contributed by atoms with van der Waals surface area (Å²) in [5, 5.41) is 0.753. The molecule has 0 aromatic heterocycles. The normalized spacial score (nSPS) is 23.8. The summed E-state index contributed by atoms with van der Waals surface area (Å²) in [6.07, 6.45) is 3.88. The quantitative estimate of drug-likeness (QED) is 0.556. The third-order valence-electron chi connectivity index (χ3n) is 3.34. The Balaban J connectivity index is 2.61. The molecule has 1 saturated heterocycles. The van der Waals surface area contributed by atoms with Crippen molar-refractivity contribution >= 4 is 22.0 Å². The first-order valence-electron chi connectivity index (χ1n) is 7.50. The minimum atomic E-state index is -0.450. The van der Waals surface area contributed by atoms with E-state index in [0.29, 0.717) is 6.54 Å². The first-order chi connectivity index (χ1) is 9.32. The minimum Gasteiger partial charge on any atom is -0.444 e. The van der Waals surface area contributed by atoms with Gasteiger partial charge in [0, 0.05) is 18.5 Å². The molecule has 1 aliphatic heterocycles. The Morgan fingerprint density at radius 2 is 2.10 bits per heavy atom. The first kappa shape index (κ1) is 17.8. The zero-order valence-corrected chi connectivity index (χ0v) is 14.8. The summed E-state index contributed by atoms with van der Waals surface area (Å²) in [5.41, 5.74) is -0.709. The lowest BCUT2D eigenvalue weighted by atomic mass is 9.95. The zero-order valence-electron chi connectivity index (χ0n) is 13.2. The molecule has 0 aromatic rings. The summed E-state index contributed by atoms with van der Waals surface area (Å²) in [7, 11) is 0. The predicted octanol–water partition coefficient (Wildman–Crippen LogP) is 3.97. The Hall–Kier alpha value is -0.290. The number of unbranched alkanes of at least 4 members (excludes halogenated alkanes) is 1. The number of likely N-dealkylation sites (tertiary alicyclic amines) is 1. The van der Waals surface area contributed by atoms with Gasteiger partial charge >= 0.3 is 6.09 Å². The summed E-state index contributed by atoms with van der Waals surface area (Å²) >= 11 is 3.55. The van der Waals surface area contributed by atoms with Gasteiger partial charge in [0.15, 0.2) is 0 Å². The molecule has 0 spiro atoms. The Kier molecular flexibility index (Phi) is 6.79. The lowest BCUT2D eigenvalue weighted by Crippen LogP contribution is -2.53. The van der Waals surface area contributed by atoms with Gasteiger partial charge < -0.3 is 14.4 Å². The molecular weight excluding hydrogens is 322 g/mol. The van der Waals surface area contributed by atoms with E-state index in [-0.39, 0.29) is 11.7 Å². The number of carbonyl (C=O) groups is 1. The van der Waals surface area contributed by atoms with Gasteiger partial charge in [0.25, 0.3) is 0 Å². The van der Waals surface area contributed by atoms with Crippen molar-refractivity contribution in [1.82, 2.24) is 4.90 Å². The van der Waals surface area contributed by atoms with Crippen molar-refractivity contribution in [3.05, 3.63) is 0 Å². The van der Waals surface area contributed by atoms with Crippen LogP contribution in [-0.4, -0.2) is 47.2 Å². The van der Waals surface area contributed by atoms with Crippen molar-refractivity contribution in [1.29, 1.82) is 0 Å². The van der Waals surface area contributed by atoms with Gasteiger partial charge in [0.2, 0.25) is 0 Å². The maximum Gasteiger partial charge on any atom is 0.410 e. The average Bonchev–Trinajstić information content (AvgIpc) is 2.37. The summed E-state index contributed by atoms with van der Waals surface area (Å²) in [6.45, 7) is 9.94. The van der Waals surface area contributed by atoms with Gasteiger partial charge in [-0.1, -0.05) is 29.3 Å². The third kappa shape index (κ3) is 5.60. The average molecular weight is 350 g/mol. The summed E-state index contributed by atoms with van der Waals surface area (Å²) in [4.78, 5) is 14.0. The van der Waals surface area contributed by atoms with E-state index in [9.17, 15) is 4.79 Å². The van der Waals surface area contributed by atoms with E-state index in [1.807, 2.05) is 20.8 Å². The molecular formula is C15H28BrNO3. The van der Waals surface area contributed by atoms with Crippen LogP contribution in [0.1, 0.15) is 53.4 Å². The number of hydrogen-bond acceptors (Lipinski definition) is 3. The summed E-state index contributed by atoms with van der Waals surface area (Å²) < 4.78 is 11.5. The van der Waals surface area contributed by atoms with Crippen LogP contribution >= 0.6 is 15.9 Å². The molecule has 1 unspecified atom stereocenters. The zero-order chi connectivity index (χ0) is 15.2. The van der Waals surface area contributed by atoms with Gasteiger partial charge in [-0.05, 0) is 40.0 Å². The second kappa shape index (κ2) is 7.64. The molecule has 1 amide bonds. The topological polar surface area (TPSA) is 38.8 Å². The van der Waals surface area contributed by atoms with E-state index in [0.717, 1.165) is 44.2 Å². The lowest BCUT2D eigenvalue weighted by Gasteiger charge is -2.42. The largest absolute Gasteiger partial charge is 0.444 e. The number of rotatable bonds is 5. The fourth-order valence-corrected chi connectivity index (χ4v) is 2.90. The van der Waals surface area contributed by atoms with E-state index in [4.69, 9.17) is 9.47 Å². The van der Waals surface area contributed by atoms with Gasteiger partial charge in [-0.15, -0.1) is 0 Å². The fraction of sp³-hybridized carbons (Fsp3) is 0.933. The number of ether oxygens (including phenoxy) is 2. The van der Waals surface area contributed by atoms with Gasteiger partial charge in [0.1, 0.15) is 5.60 Å². The van der Waals surface area contributed by atoms with E-state index < -0.39 is 5.60 Å². The molecule has 0 radical (unpaired) electrons. The number of nitrogens with zero attached hydrogens (tertiary/aromatic N) is 1. The van der Waals surface area contributed by atoms with Crippen LogP contribution in [0.25, 0.3) is 0 Å². The highest BCUT2D eigenvalue weighted by Gasteiger charge is 2.38. The van der Waals surface area contributed by atoms with E-state index in [1.165, 1.54) is 0 Å². The Morgan fingerprint density at radius 3 is 2.65 bits per heavy atom. The lowest BCUT2D eigenvalue weighted by molar-refractivity contribution is -0.0766. The number of amides is 1. The van der Waals surface area contributed by atoms with E-state index >= 15 is 0 Å². The van der Waals surface area contributed by atoms with Crippen LogP contribution < -0.4 is 0 Å². The van der Waals surface area contributed by atoms with Crippen molar-refractivity contribution in [2.75, 3.05) is 25.0 Å². The molecule has 1 fully saturated rings. The van der Waals surface area contributed by atoms with Crippen LogP contribution in [0.2, 0.25) is 0 Å². The van der Waals surface area contributed by atoms with Gasteiger partial charge in [-0.25, -0.2) is 4.79 Å². The van der Waals surface area contributed by atoms with Crippen molar-refractivity contribution in [3.63, 3.8) is 0 Å². The van der Waals surface area contributed by atoms with Crippen LogP contribution in [0.4, 0.5) is 4.79 Å². The molecule has 118 valence electrons. The number of hydrogen-bond donors (Lipinski definition) is 0. The molecule has 0 N–H and O–H groups in total. The highest BCUT2D eigenvalue weighted by molar-refractivity contribution is 9.09. The second-order valence-electron chi connectivity index (χ2n) is 6.52. The maximum absolute atomic E-state index is 12.2. The number of piperidine rings is 1. The number of carbonyl (C=O) groups excluding carboxylic acids is 1. The smallest absolute Gasteiger partial charge is 0.410 e. The van der Waals surface area contributed by atoms with E-state index in [1.54, 1.807) is 4.90 Å². The van der Waals surface area contributed by atoms with Crippen molar-refractivity contribution in [2.24, 2.45) is 0 Å². The highest BCUT2D eigenvalue weighted by atomic mass is 79.9. The molecule has 1 heterocycles. The predicted molar refractivity (Wildman–Crippen MR) is 84.4 cm³/mol.